The molecule has 1 aromatic rings. The molecule has 7 nitrogen and oxygen atoms in total. The number of benzene rings is 1. The summed E-state index contributed by atoms with van der Waals surface area (Å²) in [6, 6.07) is 5.14. The smallest absolute Gasteiger partial charge is 0.281 e. The first-order valence-electron chi connectivity index (χ1n) is 6.30. The molecule has 0 saturated carbocycles. The quantitative estimate of drug-likeness (QED) is 0.300. The van der Waals surface area contributed by atoms with Crippen molar-refractivity contribution in [2.75, 3.05) is 6.61 Å². The molecular formula is C14H11ClN2O5. The van der Waals surface area contributed by atoms with Crippen LogP contribution < -0.4 is 0 Å². The van der Waals surface area contributed by atoms with E-state index in [1.54, 1.807) is 13.0 Å². The summed E-state index contributed by atoms with van der Waals surface area (Å²) in [6.45, 7) is 2.15. The molecule has 1 aromatic carbocycles. The van der Waals surface area contributed by atoms with E-state index in [1.807, 2.05) is 0 Å². The number of nitrogens with zero attached hydrogens (tertiary/aromatic N) is 2. The second-order valence-electron chi connectivity index (χ2n) is 4.85. The van der Waals surface area contributed by atoms with Crippen LogP contribution in [0.5, 0.6) is 0 Å². The molecule has 2 atom stereocenters. The zero-order chi connectivity index (χ0) is 16.4. The highest BCUT2D eigenvalue weighted by Gasteiger charge is 2.38. The summed E-state index contributed by atoms with van der Waals surface area (Å²) in [5.74, 6) is -1.52. The van der Waals surface area contributed by atoms with Gasteiger partial charge in [-0.15, -0.1) is 0 Å². The number of rotatable bonds is 4. The Bertz CT molecular complexity index is 722. The fraction of sp³-hybridized carbons (Fsp3) is 0.286. The Balaban J connectivity index is 2.52. The van der Waals surface area contributed by atoms with Crippen molar-refractivity contribution in [1.29, 1.82) is 5.26 Å². The van der Waals surface area contributed by atoms with Gasteiger partial charge in [0, 0.05) is 17.0 Å². The van der Waals surface area contributed by atoms with Gasteiger partial charge < -0.3 is 9.84 Å². The van der Waals surface area contributed by atoms with Gasteiger partial charge in [0.1, 0.15) is 17.7 Å². The van der Waals surface area contributed by atoms with E-state index in [1.165, 1.54) is 12.1 Å². The average Bonchev–Trinajstić information content (AvgIpc) is 2.46. The Labute approximate surface area is 130 Å². The lowest BCUT2D eigenvalue weighted by Gasteiger charge is -2.32. The first kappa shape index (κ1) is 15.9. The van der Waals surface area contributed by atoms with Crippen molar-refractivity contribution in [2.45, 2.75) is 13.0 Å². The van der Waals surface area contributed by atoms with E-state index in [2.05, 4.69) is 0 Å². The molecule has 1 heterocycles. The standard InChI is InChI=1S/C14H11ClN2O5/c1-7-6-22-14(7)13(19)10(5-16)12(18)9-3-2-8(15)4-11(9)17(20)21/h2-4,7,14,18H,6H2,1H3. The Hall–Kier alpha value is -2.43. The predicted molar refractivity (Wildman–Crippen MR) is 77.2 cm³/mol. The van der Waals surface area contributed by atoms with Gasteiger partial charge in [0.2, 0.25) is 5.78 Å². The first-order valence-corrected chi connectivity index (χ1v) is 6.68. The number of ketones is 1. The van der Waals surface area contributed by atoms with Crippen LogP contribution in [-0.4, -0.2) is 28.5 Å². The highest BCUT2D eigenvalue weighted by atomic mass is 35.5. The highest BCUT2D eigenvalue weighted by molar-refractivity contribution is 6.30. The molecule has 0 radical (unpaired) electrons. The molecule has 22 heavy (non-hydrogen) atoms. The molecule has 1 N–H and O–H groups in total. The van der Waals surface area contributed by atoms with Gasteiger partial charge in [0.05, 0.1) is 17.1 Å². The maximum absolute atomic E-state index is 12.2. The van der Waals surface area contributed by atoms with Crippen LogP contribution >= 0.6 is 11.6 Å². The number of hydrogen-bond donors (Lipinski definition) is 1. The van der Waals surface area contributed by atoms with Crippen LogP contribution in [0.3, 0.4) is 0 Å². The van der Waals surface area contributed by atoms with Crippen molar-refractivity contribution < 1.29 is 19.6 Å². The number of nitriles is 1. The summed E-state index contributed by atoms with van der Waals surface area (Å²) < 4.78 is 5.07. The molecule has 0 bridgehead atoms. The Morgan fingerprint density at radius 3 is 2.73 bits per heavy atom. The largest absolute Gasteiger partial charge is 0.506 e. The van der Waals surface area contributed by atoms with Gasteiger partial charge in [-0.1, -0.05) is 18.5 Å². The molecule has 8 heteroatoms. The number of nitro benzene ring substituents is 1. The minimum atomic E-state index is -0.817. The van der Waals surface area contributed by atoms with Gasteiger partial charge in [-0.2, -0.15) is 5.26 Å². The van der Waals surface area contributed by atoms with E-state index in [0.29, 0.717) is 6.61 Å². The van der Waals surface area contributed by atoms with Crippen LogP contribution in [0.25, 0.3) is 5.76 Å². The zero-order valence-corrected chi connectivity index (χ0v) is 12.2. The lowest BCUT2D eigenvalue weighted by molar-refractivity contribution is -0.385. The molecule has 1 aliphatic rings. The lowest BCUT2D eigenvalue weighted by Crippen LogP contribution is -2.44. The van der Waals surface area contributed by atoms with Crippen LogP contribution in [-0.2, 0) is 9.53 Å². The normalized spacial score (nSPS) is 21.3. The van der Waals surface area contributed by atoms with E-state index in [4.69, 9.17) is 21.6 Å². The van der Waals surface area contributed by atoms with E-state index >= 15 is 0 Å². The van der Waals surface area contributed by atoms with Crippen LogP contribution in [0.15, 0.2) is 23.8 Å². The molecule has 0 aliphatic carbocycles. The number of hydrogen-bond acceptors (Lipinski definition) is 6. The molecule has 2 unspecified atom stereocenters. The average molecular weight is 323 g/mol. The summed E-state index contributed by atoms with van der Waals surface area (Å²) in [5, 5.41) is 30.4. The molecule has 114 valence electrons. The van der Waals surface area contributed by atoms with E-state index < -0.39 is 33.8 Å². The summed E-state index contributed by atoms with van der Waals surface area (Å²) >= 11 is 5.69. The van der Waals surface area contributed by atoms with Gasteiger partial charge in [0.15, 0.2) is 5.76 Å². The number of carbonyl (C=O) groups is 1. The van der Waals surface area contributed by atoms with E-state index in [0.717, 1.165) is 6.07 Å². The van der Waals surface area contributed by atoms with Crippen molar-refractivity contribution >= 4 is 28.8 Å². The summed E-state index contributed by atoms with van der Waals surface area (Å²) in [4.78, 5) is 22.5. The molecule has 0 amide bonds. The molecule has 0 aromatic heterocycles. The van der Waals surface area contributed by atoms with Crippen LogP contribution in [0.1, 0.15) is 12.5 Å². The second-order valence-corrected chi connectivity index (χ2v) is 5.29. The Morgan fingerprint density at radius 1 is 1.59 bits per heavy atom. The fourth-order valence-electron chi connectivity index (χ4n) is 2.08. The molecule has 1 saturated heterocycles. The van der Waals surface area contributed by atoms with Crippen molar-refractivity contribution in [3.8, 4) is 6.07 Å². The number of nitro groups is 1. The number of Topliss-reactive ketones (excluding diaryl/α,β-unsaturated/α-hetero) is 1. The number of aliphatic hydroxyl groups excluding tert-OH is 1. The van der Waals surface area contributed by atoms with E-state index in [9.17, 15) is 20.0 Å². The van der Waals surface area contributed by atoms with Gasteiger partial charge >= 0.3 is 0 Å². The molecule has 1 aliphatic heterocycles. The first-order chi connectivity index (χ1) is 10.4. The topological polar surface area (TPSA) is 113 Å². The third-order valence-electron chi connectivity index (χ3n) is 3.32. The number of aliphatic hydroxyl groups is 1. The third-order valence-corrected chi connectivity index (χ3v) is 3.56. The fourth-order valence-corrected chi connectivity index (χ4v) is 2.24. The summed E-state index contributed by atoms with van der Waals surface area (Å²) in [7, 11) is 0. The maximum atomic E-state index is 12.2. The van der Waals surface area contributed by atoms with Crippen molar-refractivity contribution in [3.05, 3.63) is 44.5 Å². The SMILES string of the molecule is CC1COC1C(=O)C(C#N)=C(O)c1ccc(Cl)cc1[N+](=O)[O-]. The number of carbonyl (C=O) groups excluding carboxylic acids is 1. The minimum Gasteiger partial charge on any atom is -0.506 e. The van der Waals surface area contributed by atoms with Gasteiger partial charge in [-0.3, -0.25) is 14.9 Å². The molecule has 0 spiro atoms. The van der Waals surface area contributed by atoms with E-state index in [-0.39, 0.29) is 16.5 Å². The minimum absolute atomic E-state index is 0.0798. The van der Waals surface area contributed by atoms with Crippen LogP contribution in [0, 0.1) is 27.4 Å². The summed E-state index contributed by atoms with van der Waals surface area (Å²) in [5.41, 5.74) is -1.30. The van der Waals surface area contributed by atoms with Crippen LogP contribution in [0.4, 0.5) is 5.69 Å². The van der Waals surface area contributed by atoms with Crippen molar-refractivity contribution in [1.82, 2.24) is 0 Å². The Kier molecular flexibility index (Phi) is 4.45. The molecule has 1 fully saturated rings. The number of ether oxygens (including phenoxy) is 1. The van der Waals surface area contributed by atoms with Gasteiger partial charge in [-0.05, 0) is 12.1 Å². The van der Waals surface area contributed by atoms with Crippen molar-refractivity contribution in [3.63, 3.8) is 0 Å². The Morgan fingerprint density at radius 2 is 2.27 bits per heavy atom. The molecule has 2 rings (SSSR count). The third kappa shape index (κ3) is 2.79. The highest BCUT2D eigenvalue weighted by Crippen LogP contribution is 2.31. The van der Waals surface area contributed by atoms with Gasteiger partial charge in [-0.25, -0.2) is 0 Å². The summed E-state index contributed by atoms with van der Waals surface area (Å²) in [6.07, 6.45) is -0.817. The van der Waals surface area contributed by atoms with Gasteiger partial charge in [0.25, 0.3) is 5.69 Å². The van der Waals surface area contributed by atoms with Crippen molar-refractivity contribution in [2.24, 2.45) is 5.92 Å². The maximum Gasteiger partial charge on any atom is 0.281 e. The second kappa shape index (κ2) is 6.13. The van der Waals surface area contributed by atoms with Crippen LogP contribution in [0.2, 0.25) is 5.02 Å². The zero-order valence-electron chi connectivity index (χ0n) is 11.4. The number of halogens is 1. The lowest BCUT2D eigenvalue weighted by atomic mass is 9.91. The monoisotopic (exact) mass is 322 g/mol. The molecular weight excluding hydrogens is 312 g/mol. The predicted octanol–water partition coefficient (Wildman–Crippen LogP) is 2.64.